The summed E-state index contributed by atoms with van der Waals surface area (Å²) in [6, 6.07) is 5.47. The number of carbonyl (C=O) groups is 1. The summed E-state index contributed by atoms with van der Waals surface area (Å²) in [5.74, 6) is 0.0509. The average Bonchev–Trinajstić information content (AvgIpc) is 2.42. The molecule has 1 amide bonds. The van der Waals surface area contributed by atoms with E-state index in [4.69, 9.17) is 17.3 Å². The number of benzene rings is 1. The van der Waals surface area contributed by atoms with Crippen molar-refractivity contribution in [2.45, 2.75) is 32.1 Å². The number of halogens is 2. The molecule has 104 valence electrons. The van der Waals surface area contributed by atoms with Crippen LogP contribution in [-0.2, 0) is 4.79 Å². The first-order valence-corrected chi connectivity index (χ1v) is 8.00. The number of nitrogens with one attached hydrogen (secondary N) is 1. The minimum Gasteiger partial charge on any atom is -0.329 e. The lowest BCUT2D eigenvalue weighted by atomic mass is 9.73. The summed E-state index contributed by atoms with van der Waals surface area (Å²) in [5, 5.41) is 3.69. The maximum atomic E-state index is 12.5. The molecular formula is C14H18ClIN2O. The van der Waals surface area contributed by atoms with E-state index in [0.717, 1.165) is 34.9 Å². The van der Waals surface area contributed by atoms with Crippen LogP contribution in [0, 0.1) is 8.99 Å². The average molecular weight is 393 g/mol. The normalized spacial score (nSPS) is 18.1. The van der Waals surface area contributed by atoms with Gasteiger partial charge in [-0.15, -0.1) is 0 Å². The van der Waals surface area contributed by atoms with Gasteiger partial charge in [0.2, 0.25) is 5.91 Å². The Labute approximate surface area is 132 Å². The standard InChI is InChI=1S/C14H18ClIN2O/c15-10-4-5-12(11(16)8-10)18-13(19)14(9-17)6-2-1-3-7-14/h4-5,8H,1-3,6-7,9,17H2,(H,18,19). The van der Waals surface area contributed by atoms with Crippen molar-refractivity contribution in [3.63, 3.8) is 0 Å². The Morgan fingerprint density at radius 2 is 2.05 bits per heavy atom. The highest BCUT2D eigenvalue weighted by Gasteiger charge is 2.38. The van der Waals surface area contributed by atoms with Crippen LogP contribution < -0.4 is 11.1 Å². The van der Waals surface area contributed by atoms with Gasteiger partial charge in [-0.2, -0.15) is 0 Å². The molecule has 1 fully saturated rings. The Morgan fingerprint density at radius 1 is 1.37 bits per heavy atom. The molecule has 19 heavy (non-hydrogen) atoms. The van der Waals surface area contributed by atoms with Gasteiger partial charge in [-0.3, -0.25) is 4.79 Å². The fourth-order valence-corrected chi connectivity index (χ4v) is 3.60. The lowest BCUT2D eigenvalue weighted by molar-refractivity contribution is -0.126. The maximum Gasteiger partial charge on any atom is 0.231 e. The number of hydrogen-bond donors (Lipinski definition) is 2. The Morgan fingerprint density at radius 3 is 2.63 bits per heavy atom. The molecule has 1 aromatic carbocycles. The van der Waals surface area contributed by atoms with E-state index in [2.05, 4.69) is 27.9 Å². The topological polar surface area (TPSA) is 55.1 Å². The highest BCUT2D eigenvalue weighted by atomic mass is 127. The molecule has 0 aromatic heterocycles. The molecule has 1 aliphatic rings. The second-order valence-corrected chi connectivity index (χ2v) is 6.72. The predicted octanol–water partition coefficient (Wildman–Crippen LogP) is 3.79. The van der Waals surface area contributed by atoms with Crippen LogP contribution in [0.5, 0.6) is 0 Å². The summed E-state index contributed by atoms with van der Waals surface area (Å²) < 4.78 is 0.946. The van der Waals surface area contributed by atoms with Crippen LogP contribution in [0.4, 0.5) is 5.69 Å². The van der Waals surface area contributed by atoms with Gasteiger partial charge in [0.15, 0.2) is 0 Å². The molecule has 1 aromatic rings. The fraction of sp³-hybridized carbons (Fsp3) is 0.500. The highest BCUT2D eigenvalue weighted by Crippen LogP contribution is 2.37. The molecule has 0 bridgehead atoms. The molecule has 3 N–H and O–H groups in total. The summed E-state index contributed by atoms with van der Waals surface area (Å²) in [4.78, 5) is 12.5. The van der Waals surface area contributed by atoms with E-state index in [1.165, 1.54) is 6.42 Å². The Bertz CT molecular complexity index is 473. The highest BCUT2D eigenvalue weighted by molar-refractivity contribution is 14.1. The zero-order valence-electron chi connectivity index (χ0n) is 10.7. The molecule has 1 saturated carbocycles. The smallest absolute Gasteiger partial charge is 0.231 e. The van der Waals surface area contributed by atoms with E-state index in [-0.39, 0.29) is 11.3 Å². The van der Waals surface area contributed by atoms with Gasteiger partial charge in [0, 0.05) is 15.1 Å². The number of carbonyl (C=O) groups excluding carboxylic acids is 1. The lowest BCUT2D eigenvalue weighted by Crippen LogP contribution is -2.43. The Balaban J connectivity index is 2.15. The van der Waals surface area contributed by atoms with Crippen LogP contribution in [0.15, 0.2) is 18.2 Å². The molecule has 0 unspecified atom stereocenters. The SMILES string of the molecule is NCC1(C(=O)Nc2ccc(Cl)cc2I)CCCCC1. The zero-order valence-corrected chi connectivity index (χ0v) is 13.6. The molecular weight excluding hydrogens is 375 g/mol. The number of hydrogen-bond acceptors (Lipinski definition) is 2. The molecule has 0 heterocycles. The molecule has 0 spiro atoms. The second kappa shape index (κ2) is 6.41. The van der Waals surface area contributed by atoms with E-state index in [9.17, 15) is 4.79 Å². The summed E-state index contributed by atoms with van der Waals surface area (Å²) in [7, 11) is 0. The molecule has 0 atom stereocenters. The van der Waals surface area contributed by atoms with Crippen molar-refractivity contribution in [2.24, 2.45) is 11.1 Å². The maximum absolute atomic E-state index is 12.5. The van der Waals surface area contributed by atoms with Crippen LogP contribution >= 0.6 is 34.2 Å². The first-order chi connectivity index (χ1) is 9.07. The third-order valence-corrected chi connectivity index (χ3v) is 4.99. The van der Waals surface area contributed by atoms with Crippen molar-refractivity contribution >= 4 is 45.8 Å². The Kier molecular flexibility index (Phi) is 5.09. The largest absolute Gasteiger partial charge is 0.329 e. The van der Waals surface area contributed by atoms with E-state index >= 15 is 0 Å². The molecule has 0 aliphatic heterocycles. The quantitative estimate of drug-likeness (QED) is 0.769. The van der Waals surface area contributed by atoms with Gasteiger partial charge in [-0.1, -0.05) is 30.9 Å². The molecule has 0 radical (unpaired) electrons. The third kappa shape index (κ3) is 3.41. The van der Waals surface area contributed by atoms with Gasteiger partial charge in [0.05, 0.1) is 11.1 Å². The zero-order chi connectivity index (χ0) is 13.9. The van der Waals surface area contributed by atoms with E-state index in [1.807, 2.05) is 12.1 Å². The van der Waals surface area contributed by atoms with Gasteiger partial charge in [-0.25, -0.2) is 0 Å². The summed E-state index contributed by atoms with van der Waals surface area (Å²) in [5.41, 5.74) is 6.30. The number of amides is 1. The van der Waals surface area contributed by atoms with Crippen molar-refractivity contribution < 1.29 is 4.79 Å². The first-order valence-electron chi connectivity index (χ1n) is 6.54. The van der Waals surface area contributed by atoms with Crippen molar-refractivity contribution in [2.75, 3.05) is 11.9 Å². The third-order valence-electron chi connectivity index (χ3n) is 3.86. The minimum absolute atomic E-state index is 0.0509. The van der Waals surface area contributed by atoms with E-state index in [0.29, 0.717) is 11.6 Å². The fourth-order valence-electron chi connectivity index (χ4n) is 2.60. The van der Waals surface area contributed by atoms with Crippen LogP contribution in [0.1, 0.15) is 32.1 Å². The second-order valence-electron chi connectivity index (χ2n) is 5.12. The first kappa shape index (κ1) is 15.1. The van der Waals surface area contributed by atoms with Gasteiger partial charge in [0.25, 0.3) is 0 Å². The number of nitrogens with two attached hydrogens (primary N) is 1. The van der Waals surface area contributed by atoms with Crippen LogP contribution in [0.3, 0.4) is 0 Å². The van der Waals surface area contributed by atoms with E-state index in [1.54, 1.807) is 6.07 Å². The van der Waals surface area contributed by atoms with Gasteiger partial charge < -0.3 is 11.1 Å². The van der Waals surface area contributed by atoms with Crippen LogP contribution in [0.25, 0.3) is 0 Å². The Hall–Kier alpha value is -0.330. The number of rotatable bonds is 3. The van der Waals surface area contributed by atoms with Crippen LogP contribution in [0.2, 0.25) is 5.02 Å². The lowest BCUT2D eigenvalue weighted by Gasteiger charge is -2.34. The van der Waals surface area contributed by atoms with E-state index < -0.39 is 0 Å². The van der Waals surface area contributed by atoms with Crippen molar-refractivity contribution in [1.82, 2.24) is 0 Å². The van der Waals surface area contributed by atoms with Gasteiger partial charge >= 0.3 is 0 Å². The molecule has 3 nitrogen and oxygen atoms in total. The summed E-state index contributed by atoms with van der Waals surface area (Å²) in [6.07, 6.45) is 5.15. The minimum atomic E-state index is -0.388. The molecule has 0 saturated heterocycles. The van der Waals surface area contributed by atoms with Crippen LogP contribution in [-0.4, -0.2) is 12.5 Å². The molecule has 2 rings (SSSR count). The monoisotopic (exact) mass is 392 g/mol. The predicted molar refractivity (Wildman–Crippen MR) is 87.4 cm³/mol. The summed E-state index contributed by atoms with van der Waals surface area (Å²) >= 11 is 8.10. The van der Waals surface area contributed by atoms with Gasteiger partial charge in [0.1, 0.15) is 0 Å². The molecule has 5 heteroatoms. The molecule has 1 aliphatic carbocycles. The van der Waals surface area contributed by atoms with Gasteiger partial charge in [-0.05, 0) is 53.6 Å². The summed E-state index contributed by atoms with van der Waals surface area (Å²) in [6.45, 7) is 0.420. The van der Waals surface area contributed by atoms with Crippen molar-refractivity contribution in [3.8, 4) is 0 Å². The number of anilines is 1. The van der Waals surface area contributed by atoms with Crippen molar-refractivity contribution in [1.29, 1.82) is 0 Å². The van der Waals surface area contributed by atoms with Crippen molar-refractivity contribution in [3.05, 3.63) is 26.8 Å².